The number of aromatic nitrogens is 2. The molecule has 0 spiro atoms. The quantitative estimate of drug-likeness (QED) is 0.368. The molecular weight excluding hydrogens is 464 g/mol. The number of hydrogen-bond donors (Lipinski definition) is 2. The maximum Gasteiger partial charge on any atom is 0.349 e. The van der Waals surface area contributed by atoms with Crippen LogP contribution in [0.5, 0.6) is 17.2 Å². The number of para-hydroxylation sites is 1. The van der Waals surface area contributed by atoms with Crippen LogP contribution in [0.15, 0.2) is 75.4 Å². The minimum atomic E-state index is -0.673. The lowest BCUT2D eigenvalue weighted by Gasteiger charge is -2.15. The van der Waals surface area contributed by atoms with Gasteiger partial charge in [0.25, 0.3) is 11.5 Å². The molecule has 0 atom stereocenters. The SMILES string of the molecule is COc1cc(C=Nn2c(=O)[nH]c3ccccc3c2=O)cc(OC)c1OCC(=O)Nc1ccc(C)cc1. The van der Waals surface area contributed by atoms with Crippen LogP contribution in [0.3, 0.4) is 0 Å². The molecule has 0 aliphatic carbocycles. The first kappa shape index (κ1) is 24.3. The Morgan fingerprint density at radius 1 is 1.03 bits per heavy atom. The highest BCUT2D eigenvalue weighted by atomic mass is 16.5. The molecular formula is C26H24N4O6. The van der Waals surface area contributed by atoms with Crippen LogP contribution in [0, 0.1) is 6.92 Å². The van der Waals surface area contributed by atoms with E-state index in [0.29, 0.717) is 22.2 Å². The van der Waals surface area contributed by atoms with Gasteiger partial charge < -0.3 is 24.5 Å². The normalized spacial score (nSPS) is 11.0. The van der Waals surface area contributed by atoms with Crippen LogP contribution in [-0.2, 0) is 4.79 Å². The summed E-state index contributed by atoms with van der Waals surface area (Å²) in [4.78, 5) is 40.0. The Morgan fingerprint density at radius 2 is 1.69 bits per heavy atom. The van der Waals surface area contributed by atoms with Crippen molar-refractivity contribution in [1.29, 1.82) is 0 Å². The molecule has 10 heteroatoms. The van der Waals surface area contributed by atoms with Gasteiger partial charge in [-0.1, -0.05) is 29.8 Å². The number of aromatic amines is 1. The molecule has 4 rings (SSSR count). The highest BCUT2D eigenvalue weighted by Gasteiger charge is 2.16. The van der Waals surface area contributed by atoms with Gasteiger partial charge in [-0.25, -0.2) is 4.79 Å². The van der Waals surface area contributed by atoms with E-state index in [2.05, 4.69) is 15.4 Å². The van der Waals surface area contributed by atoms with E-state index in [1.807, 2.05) is 19.1 Å². The fourth-order valence-electron chi connectivity index (χ4n) is 3.47. The number of ether oxygens (including phenoxy) is 3. The smallest absolute Gasteiger partial charge is 0.349 e. The summed E-state index contributed by atoms with van der Waals surface area (Å²) < 4.78 is 17.3. The predicted octanol–water partition coefficient (Wildman–Crippen LogP) is 2.92. The average Bonchev–Trinajstić information content (AvgIpc) is 2.88. The third-order valence-electron chi connectivity index (χ3n) is 5.27. The summed E-state index contributed by atoms with van der Waals surface area (Å²) >= 11 is 0. The second-order valence-corrected chi connectivity index (χ2v) is 7.79. The zero-order chi connectivity index (χ0) is 25.7. The van der Waals surface area contributed by atoms with Crippen LogP contribution >= 0.6 is 0 Å². The third-order valence-corrected chi connectivity index (χ3v) is 5.27. The number of anilines is 1. The van der Waals surface area contributed by atoms with E-state index in [-0.39, 0.29) is 29.8 Å². The number of benzene rings is 3. The van der Waals surface area contributed by atoms with Crippen molar-refractivity contribution in [3.05, 3.63) is 92.6 Å². The number of methoxy groups -OCH3 is 2. The van der Waals surface area contributed by atoms with Crippen molar-refractivity contribution in [3.8, 4) is 17.2 Å². The number of nitrogens with one attached hydrogen (secondary N) is 2. The van der Waals surface area contributed by atoms with Gasteiger partial charge in [0.1, 0.15) is 0 Å². The van der Waals surface area contributed by atoms with Crippen LogP contribution in [0.1, 0.15) is 11.1 Å². The summed E-state index contributed by atoms with van der Waals surface area (Å²) in [7, 11) is 2.88. The summed E-state index contributed by atoms with van der Waals surface area (Å²) in [6, 6.07) is 17.2. The number of rotatable bonds is 8. The highest BCUT2D eigenvalue weighted by Crippen LogP contribution is 2.38. The van der Waals surface area contributed by atoms with Gasteiger partial charge in [0.2, 0.25) is 5.75 Å². The number of carbonyl (C=O) groups is 1. The highest BCUT2D eigenvalue weighted by molar-refractivity contribution is 5.92. The zero-order valence-electron chi connectivity index (χ0n) is 19.9. The van der Waals surface area contributed by atoms with Crippen molar-refractivity contribution >= 4 is 28.7 Å². The molecule has 0 saturated heterocycles. The molecule has 184 valence electrons. The minimum absolute atomic E-state index is 0.219. The van der Waals surface area contributed by atoms with Crippen LogP contribution < -0.4 is 30.8 Å². The lowest BCUT2D eigenvalue weighted by Crippen LogP contribution is -2.32. The Bertz CT molecular complexity index is 1530. The first-order valence-electron chi connectivity index (χ1n) is 10.9. The molecule has 1 aromatic heterocycles. The van der Waals surface area contributed by atoms with Gasteiger partial charge in [-0.05, 0) is 43.3 Å². The summed E-state index contributed by atoms with van der Waals surface area (Å²) in [5.41, 5.74) is 1.41. The molecule has 0 unspecified atom stereocenters. The molecule has 1 amide bonds. The van der Waals surface area contributed by atoms with Crippen molar-refractivity contribution < 1.29 is 19.0 Å². The molecule has 0 aliphatic rings. The molecule has 0 radical (unpaired) electrons. The Kier molecular flexibility index (Phi) is 7.15. The van der Waals surface area contributed by atoms with Crippen molar-refractivity contribution in [3.63, 3.8) is 0 Å². The molecule has 0 aliphatic heterocycles. The van der Waals surface area contributed by atoms with E-state index < -0.39 is 11.2 Å². The summed E-state index contributed by atoms with van der Waals surface area (Å²) in [5.74, 6) is 0.415. The van der Waals surface area contributed by atoms with E-state index in [0.717, 1.165) is 10.2 Å². The number of nitrogens with zero attached hydrogens (tertiary/aromatic N) is 2. The molecule has 10 nitrogen and oxygen atoms in total. The largest absolute Gasteiger partial charge is 0.493 e. The molecule has 0 saturated carbocycles. The van der Waals surface area contributed by atoms with Gasteiger partial charge in [-0.15, -0.1) is 4.68 Å². The summed E-state index contributed by atoms with van der Waals surface area (Å²) in [6.45, 7) is 1.68. The van der Waals surface area contributed by atoms with Crippen molar-refractivity contribution in [2.24, 2.45) is 5.10 Å². The number of fused-ring (bicyclic) bond motifs is 1. The van der Waals surface area contributed by atoms with Crippen LogP contribution in [0.2, 0.25) is 0 Å². The topological polar surface area (TPSA) is 124 Å². The van der Waals surface area contributed by atoms with Crippen LogP contribution in [-0.4, -0.2) is 42.6 Å². The Balaban J connectivity index is 1.56. The first-order chi connectivity index (χ1) is 17.4. The zero-order valence-corrected chi connectivity index (χ0v) is 19.9. The number of H-pyrrole nitrogens is 1. The summed E-state index contributed by atoms with van der Waals surface area (Å²) in [5, 5.41) is 7.14. The fourth-order valence-corrected chi connectivity index (χ4v) is 3.47. The summed E-state index contributed by atoms with van der Waals surface area (Å²) in [6.07, 6.45) is 1.32. The number of aryl methyl sites for hydroxylation is 1. The first-order valence-corrected chi connectivity index (χ1v) is 10.9. The van der Waals surface area contributed by atoms with Crippen molar-refractivity contribution in [2.45, 2.75) is 6.92 Å². The molecule has 0 fully saturated rings. The van der Waals surface area contributed by atoms with E-state index in [9.17, 15) is 14.4 Å². The molecule has 4 aromatic rings. The van der Waals surface area contributed by atoms with Gasteiger partial charge in [0.15, 0.2) is 18.1 Å². The van der Waals surface area contributed by atoms with E-state index in [4.69, 9.17) is 14.2 Å². The van der Waals surface area contributed by atoms with Gasteiger partial charge in [-0.3, -0.25) is 9.59 Å². The molecule has 1 heterocycles. The second-order valence-electron chi connectivity index (χ2n) is 7.79. The maximum atomic E-state index is 12.7. The minimum Gasteiger partial charge on any atom is -0.493 e. The molecule has 3 aromatic carbocycles. The Labute approximate surface area is 205 Å². The lowest BCUT2D eigenvalue weighted by atomic mass is 10.2. The number of hydrogen-bond acceptors (Lipinski definition) is 7. The van der Waals surface area contributed by atoms with Gasteiger partial charge in [0.05, 0.1) is 31.3 Å². The number of amides is 1. The third kappa shape index (κ3) is 5.27. The van der Waals surface area contributed by atoms with Crippen molar-refractivity contribution in [1.82, 2.24) is 9.66 Å². The standard InChI is InChI=1S/C26H24N4O6/c1-16-8-10-18(11-9-16)28-23(31)15-36-24-21(34-2)12-17(13-22(24)35-3)14-27-30-25(32)19-6-4-5-7-20(19)29-26(30)33/h4-14H,15H2,1-3H3,(H,28,31)(H,29,33). The lowest BCUT2D eigenvalue weighted by molar-refractivity contribution is -0.118. The molecule has 0 bridgehead atoms. The number of carbonyl (C=O) groups excluding carboxylic acids is 1. The van der Waals surface area contributed by atoms with E-state index in [1.54, 1.807) is 48.5 Å². The van der Waals surface area contributed by atoms with Crippen LogP contribution in [0.4, 0.5) is 5.69 Å². The monoisotopic (exact) mass is 488 g/mol. The van der Waals surface area contributed by atoms with Crippen LogP contribution in [0.25, 0.3) is 10.9 Å². The molecule has 2 N–H and O–H groups in total. The van der Waals surface area contributed by atoms with Gasteiger partial charge in [0, 0.05) is 11.3 Å². The average molecular weight is 489 g/mol. The molecule has 36 heavy (non-hydrogen) atoms. The second kappa shape index (κ2) is 10.6. The Morgan fingerprint density at radius 3 is 2.36 bits per heavy atom. The Hall–Kier alpha value is -4.86. The predicted molar refractivity (Wildman–Crippen MR) is 137 cm³/mol. The van der Waals surface area contributed by atoms with Gasteiger partial charge in [-0.2, -0.15) is 5.10 Å². The van der Waals surface area contributed by atoms with E-state index >= 15 is 0 Å². The maximum absolute atomic E-state index is 12.7. The van der Waals surface area contributed by atoms with E-state index in [1.165, 1.54) is 20.4 Å². The fraction of sp³-hybridized carbons (Fsp3) is 0.154. The van der Waals surface area contributed by atoms with Crippen molar-refractivity contribution in [2.75, 3.05) is 26.1 Å². The van der Waals surface area contributed by atoms with Gasteiger partial charge >= 0.3 is 5.69 Å².